The van der Waals surface area contributed by atoms with Gasteiger partial charge < -0.3 is 0 Å². The van der Waals surface area contributed by atoms with Crippen molar-refractivity contribution in [1.29, 1.82) is 0 Å². The van der Waals surface area contributed by atoms with Crippen molar-refractivity contribution in [3.8, 4) is 11.1 Å². The lowest BCUT2D eigenvalue weighted by atomic mass is 9.97. The Morgan fingerprint density at radius 3 is 2.50 bits per heavy atom. The highest BCUT2D eigenvalue weighted by Crippen LogP contribution is 2.30. The molecule has 0 spiro atoms. The number of nitrogens with zero attached hydrogens (tertiary/aromatic N) is 1. The molecule has 0 aliphatic carbocycles. The lowest BCUT2D eigenvalue weighted by molar-refractivity contribution is -0.118. The van der Waals surface area contributed by atoms with E-state index in [0.29, 0.717) is 6.42 Å². The maximum absolute atomic E-state index is 11.5. The van der Waals surface area contributed by atoms with Crippen LogP contribution in [-0.4, -0.2) is 5.91 Å². The molecule has 3 nitrogen and oxygen atoms in total. The summed E-state index contributed by atoms with van der Waals surface area (Å²) in [6, 6.07) is 16.3. The number of hydrazine groups is 1. The van der Waals surface area contributed by atoms with Gasteiger partial charge in [0.05, 0.1) is 5.69 Å². The van der Waals surface area contributed by atoms with Gasteiger partial charge in [0.2, 0.25) is 5.91 Å². The van der Waals surface area contributed by atoms with Crippen LogP contribution in [0.25, 0.3) is 11.1 Å². The van der Waals surface area contributed by atoms with Crippen LogP contribution in [0.5, 0.6) is 0 Å². The van der Waals surface area contributed by atoms with Crippen LogP contribution in [0.1, 0.15) is 12.0 Å². The molecule has 3 heteroatoms. The van der Waals surface area contributed by atoms with Gasteiger partial charge in [-0.15, -0.1) is 0 Å². The average molecular weight is 238 g/mol. The van der Waals surface area contributed by atoms with Gasteiger partial charge in [0.1, 0.15) is 0 Å². The van der Waals surface area contributed by atoms with Gasteiger partial charge in [-0.25, -0.2) is 10.9 Å². The fourth-order valence-corrected chi connectivity index (χ4v) is 2.33. The molecule has 1 aliphatic heterocycles. The van der Waals surface area contributed by atoms with E-state index in [1.165, 1.54) is 10.6 Å². The summed E-state index contributed by atoms with van der Waals surface area (Å²) in [7, 11) is 0. The Hall–Kier alpha value is -2.13. The van der Waals surface area contributed by atoms with Gasteiger partial charge >= 0.3 is 0 Å². The molecule has 0 atom stereocenters. The number of amides is 1. The number of rotatable bonds is 1. The first-order chi connectivity index (χ1) is 8.75. The summed E-state index contributed by atoms with van der Waals surface area (Å²) in [5.41, 5.74) is 4.31. The summed E-state index contributed by atoms with van der Waals surface area (Å²) in [4.78, 5) is 11.5. The Morgan fingerprint density at radius 2 is 1.72 bits per heavy atom. The number of carbonyl (C=O) groups is 1. The van der Waals surface area contributed by atoms with Crippen LogP contribution in [0, 0.1) is 0 Å². The maximum atomic E-state index is 11.5. The molecular formula is C15H14N2O. The molecule has 0 saturated carbocycles. The second-order valence-electron chi connectivity index (χ2n) is 4.47. The van der Waals surface area contributed by atoms with E-state index in [4.69, 9.17) is 5.84 Å². The Morgan fingerprint density at radius 1 is 0.944 bits per heavy atom. The predicted octanol–water partition coefficient (Wildman–Crippen LogP) is 2.51. The summed E-state index contributed by atoms with van der Waals surface area (Å²) in [6.45, 7) is 0. The van der Waals surface area contributed by atoms with Gasteiger partial charge in [-0.2, -0.15) is 0 Å². The van der Waals surface area contributed by atoms with Crippen molar-refractivity contribution < 1.29 is 4.79 Å². The standard InChI is InChI=1S/C15H14N2O/c16-17-14-8-6-12(11-4-2-1-3-5-11)10-13(14)7-9-15(17)18/h1-6,8,10H,7,9,16H2. The number of hydrogen-bond donors (Lipinski definition) is 1. The Kier molecular flexibility index (Phi) is 2.61. The van der Waals surface area contributed by atoms with E-state index in [1.807, 2.05) is 30.3 Å². The molecule has 1 aliphatic rings. The van der Waals surface area contributed by atoms with Crippen molar-refractivity contribution in [2.24, 2.45) is 5.84 Å². The molecule has 90 valence electrons. The Balaban J connectivity index is 2.05. The molecule has 0 aromatic heterocycles. The van der Waals surface area contributed by atoms with Crippen molar-refractivity contribution in [2.45, 2.75) is 12.8 Å². The van der Waals surface area contributed by atoms with E-state index in [0.717, 1.165) is 23.2 Å². The number of aryl methyl sites for hydroxylation is 1. The van der Waals surface area contributed by atoms with Crippen LogP contribution in [0.4, 0.5) is 5.69 Å². The zero-order valence-electron chi connectivity index (χ0n) is 9.97. The Bertz CT molecular complexity index is 593. The summed E-state index contributed by atoms with van der Waals surface area (Å²) in [5, 5.41) is 1.26. The van der Waals surface area contributed by atoms with Gasteiger partial charge in [-0.3, -0.25) is 4.79 Å². The second kappa shape index (κ2) is 4.27. The lowest BCUT2D eigenvalue weighted by Gasteiger charge is -2.25. The fraction of sp³-hybridized carbons (Fsp3) is 0.133. The highest BCUT2D eigenvalue weighted by Gasteiger charge is 2.21. The number of fused-ring (bicyclic) bond motifs is 1. The zero-order chi connectivity index (χ0) is 12.5. The summed E-state index contributed by atoms with van der Waals surface area (Å²) < 4.78 is 0. The molecule has 2 N–H and O–H groups in total. The first-order valence-corrected chi connectivity index (χ1v) is 6.02. The van der Waals surface area contributed by atoms with Crippen LogP contribution in [-0.2, 0) is 11.2 Å². The normalized spacial score (nSPS) is 14.5. The van der Waals surface area contributed by atoms with Crippen LogP contribution < -0.4 is 10.9 Å². The number of benzene rings is 2. The maximum Gasteiger partial charge on any atom is 0.241 e. The van der Waals surface area contributed by atoms with E-state index in [-0.39, 0.29) is 5.91 Å². The van der Waals surface area contributed by atoms with Gasteiger partial charge in [0, 0.05) is 6.42 Å². The summed E-state index contributed by atoms with van der Waals surface area (Å²) in [5.74, 6) is 5.74. The minimum absolute atomic E-state index is 0.0186. The van der Waals surface area contributed by atoms with E-state index in [1.54, 1.807) is 0 Å². The quantitative estimate of drug-likeness (QED) is 0.613. The smallest absolute Gasteiger partial charge is 0.241 e. The topological polar surface area (TPSA) is 46.3 Å². The molecule has 2 aromatic carbocycles. The molecule has 1 heterocycles. The Labute approximate surface area is 106 Å². The third-order valence-electron chi connectivity index (χ3n) is 3.32. The first-order valence-electron chi connectivity index (χ1n) is 6.02. The average Bonchev–Trinajstić information content (AvgIpc) is 2.44. The third-order valence-corrected chi connectivity index (χ3v) is 3.32. The molecule has 18 heavy (non-hydrogen) atoms. The van der Waals surface area contributed by atoms with Crippen molar-refractivity contribution in [1.82, 2.24) is 0 Å². The minimum Gasteiger partial charge on any atom is -0.273 e. The SMILES string of the molecule is NN1C(=O)CCc2cc(-c3ccccc3)ccc21. The van der Waals surface area contributed by atoms with Gasteiger partial charge in [0.25, 0.3) is 0 Å². The highest BCUT2D eigenvalue weighted by molar-refractivity contribution is 5.95. The zero-order valence-corrected chi connectivity index (χ0v) is 9.97. The minimum atomic E-state index is -0.0186. The summed E-state index contributed by atoms with van der Waals surface area (Å²) in [6.07, 6.45) is 1.25. The number of anilines is 1. The molecule has 0 unspecified atom stereocenters. The van der Waals surface area contributed by atoms with Crippen molar-refractivity contribution >= 4 is 11.6 Å². The molecule has 0 saturated heterocycles. The molecule has 0 bridgehead atoms. The molecule has 0 fully saturated rings. The molecule has 2 aromatic rings. The molecule has 0 radical (unpaired) electrons. The second-order valence-corrected chi connectivity index (χ2v) is 4.47. The van der Waals surface area contributed by atoms with Gasteiger partial charge in [-0.05, 0) is 35.2 Å². The summed E-state index contributed by atoms with van der Waals surface area (Å²) >= 11 is 0. The van der Waals surface area contributed by atoms with Crippen molar-refractivity contribution in [2.75, 3.05) is 5.01 Å². The fourth-order valence-electron chi connectivity index (χ4n) is 2.33. The van der Waals surface area contributed by atoms with Crippen LogP contribution in [0.2, 0.25) is 0 Å². The number of carbonyl (C=O) groups excluding carboxylic acids is 1. The van der Waals surface area contributed by atoms with Gasteiger partial charge in [-0.1, -0.05) is 36.4 Å². The van der Waals surface area contributed by atoms with E-state index < -0.39 is 0 Å². The highest BCUT2D eigenvalue weighted by atomic mass is 16.2. The monoisotopic (exact) mass is 238 g/mol. The number of hydrogen-bond acceptors (Lipinski definition) is 2. The molecule has 3 rings (SSSR count). The molecular weight excluding hydrogens is 224 g/mol. The van der Waals surface area contributed by atoms with E-state index in [9.17, 15) is 4.79 Å². The third kappa shape index (κ3) is 1.79. The van der Waals surface area contributed by atoms with Crippen molar-refractivity contribution in [3.63, 3.8) is 0 Å². The van der Waals surface area contributed by atoms with Crippen LogP contribution in [0.15, 0.2) is 48.5 Å². The predicted molar refractivity (Wildman–Crippen MR) is 71.9 cm³/mol. The largest absolute Gasteiger partial charge is 0.273 e. The number of nitrogens with two attached hydrogens (primary N) is 1. The van der Waals surface area contributed by atoms with Crippen LogP contribution in [0.3, 0.4) is 0 Å². The molecule has 1 amide bonds. The van der Waals surface area contributed by atoms with E-state index >= 15 is 0 Å². The van der Waals surface area contributed by atoms with Crippen LogP contribution >= 0.6 is 0 Å². The lowest BCUT2D eigenvalue weighted by Crippen LogP contribution is -2.40. The van der Waals surface area contributed by atoms with Gasteiger partial charge in [0.15, 0.2) is 0 Å². The van der Waals surface area contributed by atoms with Crippen molar-refractivity contribution in [3.05, 3.63) is 54.1 Å². The van der Waals surface area contributed by atoms with E-state index in [2.05, 4.69) is 18.2 Å². The first kappa shape index (κ1) is 11.0.